The van der Waals surface area contributed by atoms with Gasteiger partial charge in [0.25, 0.3) is 0 Å². The molecule has 17 nitrogen and oxygen atoms in total. The minimum absolute atomic E-state index is 0.00586. The third-order valence-corrected chi connectivity index (χ3v) is 16.0. The highest BCUT2D eigenvalue weighted by atomic mass is 19.2. The topological polar surface area (TPSA) is 184 Å². The van der Waals surface area contributed by atoms with Crippen LogP contribution in [0.5, 0.6) is 0 Å². The third kappa shape index (κ3) is 10.4. The lowest BCUT2D eigenvalue weighted by Gasteiger charge is -2.38. The van der Waals surface area contributed by atoms with Crippen molar-refractivity contribution < 1.29 is 55.0 Å². The fraction of sp³-hybridized carbons (Fsp3) is 0.464. The fourth-order valence-corrected chi connectivity index (χ4v) is 12.1. The lowest BCUT2D eigenvalue weighted by atomic mass is 10.0. The van der Waals surface area contributed by atoms with E-state index in [1.807, 2.05) is 0 Å². The number of aromatic nitrogens is 4. The standard InChI is InChI=1S/C56H63F6N11O6/c1-28(2)47(67-55(76)78-5)53(74)71-16-8-12-45(71)51-63-39-24-31(35(59)26-41(39)65-51)43-14-15-44(73(43)30-22-37(61)50(38(62)23-30)70-20-18-69(19-21-70)49-33(57)10-7-11-34(49)58)32-25-40-42(27-36(32)60)66-52(64-40)46-13-9-17-72(46)54(75)48(29(3)4)68-56(77)79-6/h7,10-11,22-29,43-48H,8-9,12-21H2,1-6H3,(H,63,65)(H,64,66)(H,67,76)(H,68,77)/t43-,44-,45-,46-,47-,48-/m0/s1. The first-order valence-electron chi connectivity index (χ1n) is 26.7. The Bertz CT molecular complexity index is 3120. The Balaban J connectivity index is 0.997. The number of carbonyl (C=O) groups is 4. The minimum atomic E-state index is -0.956. The molecule has 0 saturated carbocycles. The monoisotopic (exact) mass is 1100 g/mol. The molecule has 79 heavy (non-hydrogen) atoms. The average Bonchev–Trinajstić information content (AvgIpc) is 4.46. The average molecular weight is 1100 g/mol. The summed E-state index contributed by atoms with van der Waals surface area (Å²) in [6, 6.07) is 6.80. The van der Waals surface area contributed by atoms with Gasteiger partial charge >= 0.3 is 12.2 Å². The number of methoxy groups -OCH3 is 2. The van der Waals surface area contributed by atoms with Crippen LogP contribution in [0.4, 0.5) is 53.0 Å². The number of nitrogens with one attached hydrogen (secondary N) is 4. The molecule has 4 saturated heterocycles. The largest absolute Gasteiger partial charge is 0.453 e. The van der Waals surface area contributed by atoms with Crippen molar-refractivity contribution in [2.45, 2.75) is 102 Å². The minimum Gasteiger partial charge on any atom is -0.453 e. The van der Waals surface area contributed by atoms with E-state index in [1.54, 1.807) is 54.5 Å². The van der Waals surface area contributed by atoms with Gasteiger partial charge in [-0.15, -0.1) is 0 Å². The molecule has 0 unspecified atom stereocenters. The molecule has 0 spiro atoms. The predicted molar refractivity (Wildman–Crippen MR) is 282 cm³/mol. The van der Waals surface area contributed by atoms with Crippen molar-refractivity contribution in [2.75, 3.05) is 68.2 Å². The van der Waals surface area contributed by atoms with Gasteiger partial charge in [0.1, 0.15) is 58.4 Å². The highest BCUT2D eigenvalue weighted by molar-refractivity contribution is 5.88. The number of benzene rings is 4. The van der Waals surface area contributed by atoms with E-state index in [4.69, 9.17) is 19.4 Å². The zero-order chi connectivity index (χ0) is 56.1. The lowest BCUT2D eigenvalue weighted by Crippen LogP contribution is -2.51. The second-order valence-corrected chi connectivity index (χ2v) is 21.4. The van der Waals surface area contributed by atoms with Crippen LogP contribution in [0.3, 0.4) is 0 Å². The van der Waals surface area contributed by atoms with Crippen molar-refractivity contribution in [2.24, 2.45) is 11.8 Å². The van der Waals surface area contributed by atoms with E-state index in [2.05, 4.69) is 20.6 Å². The number of ether oxygens (including phenoxy) is 2. The molecule has 0 bridgehead atoms. The van der Waals surface area contributed by atoms with Crippen LogP contribution in [-0.2, 0) is 19.1 Å². The summed E-state index contributed by atoms with van der Waals surface area (Å²) < 4.78 is 107. The number of imidazole rings is 2. The number of fused-ring (bicyclic) bond motifs is 2. The van der Waals surface area contributed by atoms with E-state index in [1.165, 1.54) is 42.2 Å². The molecule has 2 aromatic heterocycles. The number of carbonyl (C=O) groups excluding carboxylic acids is 4. The molecule has 4 fully saturated rings. The summed E-state index contributed by atoms with van der Waals surface area (Å²) in [4.78, 5) is 76.3. The highest BCUT2D eigenvalue weighted by Crippen LogP contribution is 2.50. The van der Waals surface area contributed by atoms with Gasteiger partial charge in [0.15, 0.2) is 11.6 Å². The molecule has 4 aliphatic rings. The van der Waals surface area contributed by atoms with Gasteiger partial charge in [-0.2, -0.15) is 0 Å². The third-order valence-electron chi connectivity index (χ3n) is 16.0. The molecular formula is C56H63F6N11O6. The molecule has 6 aromatic rings. The van der Waals surface area contributed by atoms with Crippen LogP contribution in [-0.4, -0.2) is 119 Å². The SMILES string of the molecule is COC(=O)N[C@H](C(=O)N1CCC[C@H]1c1nc2cc(F)c([C@@H]3CC[C@@H](c4cc5[nH]c([C@@H]6CCCN6C(=O)[C@@H](NC(=O)OC)C(C)C)nc5cc4F)N3c3cc(F)c(N4CCN(c5c(F)cccc5F)CC4)c(F)c3)cc2[nH]1)C(C)C. The molecule has 0 aliphatic carbocycles. The molecule has 4 amide bonds. The maximum Gasteiger partial charge on any atom is 0.407 e. The van der Waals surface area contributed by atoms with Crippen molar-refractivity contribution in [3.8, 4) is 0 Å². The summed E-state index contributed by atoms with van der Waals surface area (Å²) >= 11 is 0. The van der Waals surface area contributed by atoms with Crippen molar-refractivity contribution in [3.05, 3.63) is 112 Å². The number of hydrogen-bond acceptors (Lipinski definition) is 11. The maximum absolute atomic E-state index is 17.0. The van der Waals surface area contributed by atoms with E-state index in [0.29, 0.717) is 61.5 Å². The number of alkyl carbamates (subject to hydrolysis) is 2. The van der Waals surface area contributed by atoms with Gasteiger partial charge in [-0.25, -0.2) is 45.9 Å². The predicted octanol–water partition coefficient (Wildman–Crippen LogP) is 9.77. The van der Waals surface area contributed by atoms with Crippen molar-refractivity contribution >= 4 is 63.1 Å². The number of aromatic amines is 2. The van der Waals surface area contributed by atoms with Gasteiger partial charge in [-0.1, -0.05) is 33.8 Å². The van der Waals surface area contributed by atoms with E-state index in [-0.39, 0.29) is 102 Å². The summed E-state index contributed by atoms with van der Waals surface area (Å²) in [6.07, 6.45) is 1.25. The number of para-hydroxylation sites is 1. The Morgan fingerprint density at radius 1 is 0.544 bits per heavy atom. The first kappa shape index (κ1) is 54.6. The van der Waals surface area contributed by atoms with Crippen LogP contribution >= 0.6 is 0 Å². The highest BCUT2D eigenvalue weighted by Gasteiger charge is 2.43. The van der Waals surface area contributed by atoms with Gasteiger partial charge in [0.05, 0.1) is 60.5 Å². The van der Waals surface area contributed by atoms with Crippen LogP contribution in [0.1, 0.15) is 113 Å². The van der Waals surface area contributed by atoms with Crippen molar-refractivity contribution in [1.82, 2.24) is 40.4 Å². The summed E-state index contributed by atoms with van der Waals surface area (Å²) in [7, 11) is 2.43. The number of piperazine rings is 1. The smallest absolute Gasteiger partial charge is 0.407 e. The van der Waals surface area contributed by atoms with E-state index in [0.717, 1.165) is 24.3 Å². The first-order chi connectivity index (χ1) is 37.8. The summed E-state index contributed by atoms with van der Waals surface area (Å²) in [5, 5.41) is 5.27. The Morgan fingerprint density at radius 3 is 1.34 bits per heavy atom. The van der Waals surface area contributed by atoms with Gasteiger partial charge in [-0.3, -0.25) is 9.59 Å². The number of H-pyrrole nitrogens is 2. The van der Waals surface area contributed by atoms with Crippen LogP contribution in [0.15, 0.2) is 54.6 Å². The molecule has 4 aromatic carbocycles. The number of likely N-dealkylation sites (tertiary alicyclic amines) is 2. The second-order valence-electron chi connectivity index (χ2n) is 21.4. The van der Waals surface area contributed by atoms with Gasteiger partial charge in [0, 0.05) is 68.2 Å². The van der Waals surface area contributed by atoms with E-state index >= 15 is 17.6 Å². The summed E-state index contributed by atoms with van der Waals surface area (Å²) in [5.74, 6) is -5.20. The maximum atomic E-state index is 17.0. The number of anilines is 3. The number of amides is 4. The Hall–Kier alpha value is -7.72. The molecule has 4 N–H and O–H groups in total. The van der Waals surface area contributed by atoms with Crippen LogP contribution < -0.4 is 25.3 Å². The molecule has 0 radical (unpaired) electrons. The van der Waals surface area contributed by atoms with Gasteiger partial charge in [0.2, 0.25) is 11.8 Å². The van der Waals surface area contributed by atoms with E-state index in [9.17, 15) is 28.0 Å². The van der Waals surface area contributed by atoms with Gasteiger partial charge < -0.3 is 54.6 Å². The number of rotatable bonds is 13. The summed E-state index contributed by atoms with van der Waals surface area (Å²) in [6.45, 7) is 8.15. The van der Waals surface area contributed by atoms with Crippen LogP contribution in [0.25, 0.3) is 22.1 Å². The molecule has 6 heterocycles. The van der Waals surface area contributed by atoms with Crippen LogP contribution in [0.2, 0.25) is 0 Å². The van der Waals surface area contributed by atoms with Crippen molar-refractivity contribution in [1.29, 1.82) is 0 Å². The van der Waals surface area contributed by atoms with E-state index < -0.39 is 83.3 Å². The second kappa shape index (κ2) is 22.2. The Labute approximate surface area is 452 Å². The molecule has 23 heteroatoms. The molecule has 420 valence electrons. The Morgan fingerprint density at radius 2 is 0.949 bits per heavy atom. The Kier molecular flexibility index (Phi) is 15.3. The lowest BCUT2D eigenvalue weighted by molar-refractivity contribution is -0.136. The molecule has 10 rings (SSSR count). The number of hydrogen-bond donors (Lipinski definition) is 4. The first-order valence-corrected chi connectivity index (χ1v) is 26.7. The number of halogens is 6. The van der Waals surface area contributed by atoms with Crippen LogP contribution in [0, 0.1) is 46.7 Å². The normalized spacial score (nSPS) is 20.5. The quantitative estimate of drug-likeness (QED) is 0.0808. The van der Waals surface area contributed by atoms with Gasteiger partial charge in [-0.05, 0) is 86.8 Å². The zero-order valence-electron chi connectivity index (χ0n) is 44.6. The fourth-order valence-electron chi connectivity index (χ4n) is 12.1. The van der Waals surface area contributed by atoms with Crippen molar-refractivity contribution in [3.63, 3.8) is 0 Å². The zero-order valence-corrected chi connectivity index (χ0v) is 44.6. The molecule has 6 atom stereocenters. The molecule has 4 aliphatic heterocycles. The number of nitrogens with zero attached hydrogens (tertiary/aromatic N) is 7. The molecular weight excluding hydrogens is 1040 g/mol. The summed E-state index contributed by atoms with van der Waals surface area (Å²) in [5.41, 5.74) is 1.03.